The normalized spacial score (nSPS) is 20.8. The zero-order valence-corrected chi connectivity index (χ0v) is 25.2. The number of aromatic nitrogens is 3. The first-order valence-corrected chi connectivity index (χ1v) is 15.1. The minimum atomic E-state index is -0.498. The first-order valence-electron chi connectivity index (χ1n) is 14.3. The number of nitrogens with zero attached hydrogens (tertiary/aromatic N) is 5. The zero-order valence-electron chi connectivity index (χ0n) is 23.6. The second-order valence-corrected chi connectivity index (χ2v) is 13.0. The van der Waals surface area contributed by atoms with Gasteiger partial charge in [0.2, 0.25) is 0 Å². The molecule has 42 heavy (non-hydrogen) atoms. The van der Waals surface area contributed by atoms with Crippen molar-refractivity contribution < 1.29 is 14.2 Å². The van der Waals surface area contributed by atoms with E-state index in [1.165, 1.54) is 6.07 Å². The van der Waals surface area contributed by atoms with Gasteiger partial charge >= 0.3 is 6.01 Å². The Morgan fingerprint density at radius 1 is 1.17 bits per heavy atom. The molecule has 2 saturated heterocycles. The Bertz CT molecular complexity index is 1760. The lowest BCUT2D eigenvalue weighted by atomic mass is 9.94. The van der Waals surface area contributed by atoms with Crippen molar-refractivity contribution in [3.63, 3.8) is 0 Å². The zero-order chi connectivity index (χ0) is 29.2. The number of ether oxygens (including phenoxy) is 1. The highest BCUT2D eigenvalue weighted by atomic mass is 79.9. The highest BCUT2D eigenvalue weighted by Gasteiger charge is 2.44. The first-order chi connectivity index (χ1) is 20.2. The lowest BCUT2D eigenvalue weighted by molar-refractivity contribution is 0.183. The number of hydrogen-bond acceptors (Lipinski definition) is 8. The Hall–Kier alpha value is -3.52. The van der Waals surface area contributed by atoms with Crippen molar-refractivity contribution in [1.82, 2.24) is 25.2 Å². The molecule has 216 valence electrons. The SMILES string of the molecule is C#Cc1c(F)ccc2cc(O)cc(-c3cnc4c(N5CC6CCC(C5)N6)nc(OCC5(CN(C)C)CC5)nc4c3Br)c12. The average Bonchev–Trinajstić information content (AvgIpc) is 3.64. The Balaban J connectivity index is 1.38. The van der Waals surface area contributed by atoms with E-state index in [0.717, 1.165) is 51.1 Å². The van der Waals surface area contributed by atoms with Gasteiger partial charge < -0.3 is 25.0 Å². The van der Waals surface area contributed by atoms with Gasteiger partial charge in [-0.15, -0.1) is 6.42 Å². The first kappa shape index (κ1) is 27.3. The molecule has 4 heterocycles. The van der Waals surface area contributed by atoms with E-state index < -0.39 is 5.82 Å². The summed E-state index contributed by atoms with van der Waals surface area (Å²) in [5.41, 5.74) is 2.68. The van der Waals surface area contributed by atoms with Crippen LogP contribution >= 0.6 is 15.9 Å². The molecule has 0 radical (unpaired) electrons. The highest BCUT2D eigenvalue weighted by Crippen LogP contribution is 2.47. The molecule has 0 spiro atoms. The fourth-order valence-electron chi connectivity index (χ4n) is 6.64. The van der Waals surface area contributed by atoms with Gasteiger partial charge in [0.25, 0.3) is 0 Å². The molecule has 2 aromatic carbocycles. The molecule has 3 aliphatic rings. The number of halogens is 2. The van der Waals surface area contributed by atoms with Gasteiger partial charge in [-0.3, -0.25) is 0 Å². The number of phenols is 1. The van der Waals surface area contributed by atoms with Gasteiger partial charge in [-0.05, 0) is 84.9 Å². The Kier molecular flexibility index (Phi) is 6.72. The summed E-state index contributed by atoms with van der Waals surface area (Å²) in [5, 5.41) is 15.4. The van der Waals surface area contributed by atoms with Crippen molar-refractivity contribution in [2.24, 2.45) is 5.41 Å². The number of pyridine rings is 1. The number of aromatic hydroxyl groups is 1. The fraction of sp³-hybridized carbons (Fsp3) is 0.406. The molecule has 2 atom stereocenters. The predicted molar refractivity (Wildman–Crippen MR) is 165 cm³/mol. The molecule has 8 nitrogen and oxygen atoms in total. The number of nitrogens with one attached hydrogen (secondary N) is 1. The van der Waals surface area contributed by atoms with E-state index in [9.17, 15) is 9.50 Å². The quantitative estimate of drug-likeness (QED) is 0.273. The van der Waals surface area contributed by atoms with Crippen molar-refractivity contribution in [3.8, 4) is 35.2 Å². The van der Waals surface area contributed by atoms with Gasteiger partial charge in [0.05, 0.1) is 16.6 Å². The van der Waals surface area contributed by atoms with Gasteiger partial charge in [0, 0.05) is 54.3 Å². The number of fused-ring (bicyclic) bond motifs is 4. The molecule has 2 aromatic heterocycles. The van der Waals surface area contributed by atoms with Crippen molar-refractivity contribution >= 4 is 43.6 Å². The van der Waals surface area contributed by atoms with E-state index in [1.807, 2.05) is 0 Å². The smallest absolute Gasteiger partial charge is 0.319 e. The molecule has 2 N–H and O–H groups in total. The van der Waals surface area contributed by atoms with Crippen LogP contribution in [0.4, 0.5) is 10.2 Å². The number of hydrogen-bond donors (Lipinski definition) is 2. The number of terminal acetylenes is 1. The van der Waals surface area contributed by atoms with E-state index in [0.29, 0.717) is 62.1 Å². The molecule has 1 aliphatic carbocycles. The second-order valence-electron chi connectivity index (χ2n) is 12.2. The summed E-state index contributed by atoms with van der Waals surface area (Å²) in [6, 6.07) is 7.22. The van der Waals surface area contributed by atoms with Crippen LogP contribution in [0.15, 0.2) is 34.9 Å². The molecule has 10 heteroatoms. The maximum Gasteiger partial charge on any atom is 0.319 e. The molecule has 0 amide bonds. The van der Waals surface area contributed by atoms with Crippen molar-refractivity contribution in [2.45, 2.75) is 37.8 Å². The third kappa shape index (κ3) is 4.83. The third-order valence-corrected chi connectivity index (χ3v) is 9.53. The maximum absolute atomic E-state index is 14.8. The van der Waals surface area contributed by atoms with Crippen molar-refractivity contribution in [2.75, 3.05) is 45.2 Å². The Labute approximate surface area is 252 Å². The molecular formula is C32H32BrFN6O2. The summed E-state index contributed by atoms with van der Waals surface area (Å²) in [4.78, 5) is 19.2. The van der Waals surface area contributed by atoms with Crippen LogP contribution in [-0.4, -0.2) is 77.4 Å². The minimum Gasteiger partial charge on any atom is -0.508 e. The van der Waals surface area contributed by atoms with Crippen LogP contribution in [0.5, 0.6) is 11.8 Å². The number of anilines is 1. The summed E-state index contributed by atoms with van der Waals surface area (Å²) in [6.45, 7) is 3.14. The Morgan fingerprint density at radius 3 is 2.62 bits per heavy atom. The van der Waals surface area contributed by atoms with E-state index in [1.54, 1.807) is 24.4 Å². The predicted octanol–water partition coefficient (Wildman–Crippen LogP) is 5.09. The van der Waals surface area contributed by atoms with Crippen molar-refractivity contribution in [1.29, 1.82) is 0 Å². The van der Waals surface area contributed by atoms with Crippen LogP contribution < -0.4 is 15.0 Å². The summed E-state index contributed by atoms with van der Waals surface area (Å²) < 4.78 is 21.8. The topological polar surface area (TPSA) is 86.6 Å². The summed E-state index contributed by atoms with van der Waals surface area (Å²) in [5.74, 6) is 2.78. The molecule has 2 aliphatic heterocycles. The van der Waals surface area contributed by atoms with Crippen LogP contribution in [-0.2, 0) is 0 Å². The molecule has 2 bridgehead atoms. The van der Waals surface area contributed by atoms with Crippen molar-refractivity contribution in [3.05, 3.63) is 46.3 Å². The Morgan fingerprint density at radius 2 is 1.93 bits per heavy atom. The summed E-state index contributed by atoms with van der Waals surface area (Å²) in [6.07, 6.45) is 12.0. The molecule has 2 unspecified atom stereocenters. The summed E-state index contributed by atoms with van der Waals surface area (Å²) >= 11 is 3.81. The van der Waals surface area contributed by atoms with Gasteiger partial charge in [0.1, 0.15) is 22.6 Å². The monoisotopic (exact) mass is 630 g/mol. The number of rotatable bonds is 7. The molecule has 4 aromatic rings. The van der Waals surface area contributed by atoms with Gasteiger partial charge in [-0.2, -0.15) is 9.97 Å². The second kappa shape index (κ2) is 10.3. The molecule has 1 saturated carbocycles. The number of phenolic OH excluding ortho intramolecular Hbond substituents is 1. The minimum absolute atomic E-state index is 0.0402. The lowest BCUT2D eigenvalue weighted by Crippen LogP contribution is -2.51. The van der Waals surface area contributed by atoms with Gasteiger partial charge in [0.15, 0.2) is 5.82 Å². The van der Waals surface area contributed by atoms with Crippen LogP contribution in [0, 0.1) is 23.6 Å². The van der Waals surface area contributed by atoms with Crippen LogP contribution in [0.2, 0.25) is 0 Å². The molecule has 3 fully saturated rings. The fourth-order valence-corrected chi connectivity index (χ4v) is 7.24. The van der Waals surface area contributed by atoms with Crippen LogP contribution in [0.3, 0.4) is 0 Å². The van der Waals surface area contributed by atoms with Gasteiger partial charge in [-0.1, -0.05) is 12.0 Å². The third-order valence-electron chi connectivity index (χ3n) is 8.73. The highest BCUT2D eigenvalue weighted by molar-refractivity contribution is 9.10. The lowest BCUT2D eigenvalue weighted by Gasteiger charge is -2.34. The van der Waals surface area contributed by atoms with E-state index in [4.69, 9.17) is 26.1 Å². The largest absolute Gasteiger partial charge is 0.508 e. The summed E-state index contributed by atoms with van der Waals surface area (Å²) in [7, 11) is 4.16. The van der Waals surface area contributed by atoms with E-state index in [-0.39, 0.29) is 16.7 Å². The average molecular weight is 632 g/mol. The molecular weight excluding hydrogens is 599 g/mol. The van der Waals surface area contributed by atoms with E-state index >= 15 is 0 Å². The van der Waals surface area contributed by atoms with Gasteiger partial charge in [-0.25, -0.2) is 9.37 Å². The van der Waals surface area contributed by atoms with Crippen LogP contribution in [0.1, 0.15) is 31.2 Å². The maximum atomic E-state index is 14.8. The standard InChI is InChI=1S/C32H32BrFN6O2/c1-4-22-25(34)8-5-18-11-21(41)12-23(26(18)22)24-13-35-29-28(27(24)33)37-31(42-17-32(9-10-32)16-39(2)3)38-30(29)40-14-19-6-7-20(15-40)36-19/h1,5,8,11-13,19-20,36,41H,6-7,9-10,14-17H2,2-3H3. The number of benzene rings is 2. The van der Waals surface area contributed by atoms with Crippen LogP contribution in [0.25, 0.3) is 32.9 Å². The molecule has 7 rings (SSSR count). The van der Waals surface area contributed by atoms with E-state index in [2.05, 4.69) is 51.1 Å². The number of piperazine rings is 1.